The molecule has 1 unspecified atom stereocenters. The van der Waals surface area contributed by atoms with Crippen molar-refractivity contribution in [2.45, 2.75) is 69.4 Å². The smallest absolute Gasteiger partial charge is 0.286 e. The van der Waals surface area contributed by atoms with Crippen molar-refractivity contribution in [3.8, 4) is 0 Å². The zero-order chi connectivity index (χ0) is 24.8. The van der Waals surface area contributed by atoms with E-state index < -0.39 is 26.0 Å². The Labute approximate surface area is 200 Å². The molecule has 2 heterocycles. The van der Waals surface area contributed by atoms with Crippen LogP contribution in [0.5, 0.6) is 0 Å². The van der Waals surface area contributed by atoms with Crippen molar-refractivity contribution in [2.75, 3.05) is 16.3 Å². The number of carbonyl (C=O) groups is 1. The number of amides is 1. The zero-order valence-electron chi connectivity index (χ0n) is 19.4. The first-order valence-electron chi connectivity index (χ1n) is 11.3. The zero-order valence-corrected chi connectivity index (χ0v) is 21.0. The number of rotatable bonds is 6. The van der Waals surface area contributed by atoms with Gasteiger partial charge in [-0.25, -0.2) is 8.42 Å². The Morgan fingerprint density at radius 3 is 2.56 bits per heavy atom. The van der Waals surface area contributed by atoms with Crippen LogP contribution in [0.15, 0.2) is 38.8 Å². The molecule has 1 aliphatic carbocycles. The molecular formula is C22H30N4O6S2. The number of nitrogens with zero attached hydrogens (tertiary/aromatic N) is 2. The number of hydrogen-bond acceptors (Lipinski definition) is 7. The van der Waals surface area contributed by atoms with E-state index in [9.17, 15) is 26.7 Å². The standard InChI is InChI=1S/C22H30N4O6S2/c1-13(2)10-16-12-18(27)20(22(28)26(16)15-6-4-5-7-15)21-23-17-9-8-14(24-33(3,29)30)11-19(17)34(31,32)25-21/h8-9,11,13,15-16,24,27H,4-7,10,12H2,1-3H3,(H,23,25). The van der Waals surface area contributed by atoms with Gasteiger partial charge in [0.25, 0.3) is 15.9 Å². The molecule has 12 heteroatoms. The van der Waals surface area contributed by atoms with Gasteiger partial charge in [-0.05, 0) is 43.4 Å². The van der Waals surface area contributed by atoms with Crippen LogP contribution in [-0.2, 0) is 24.8 Å². The maximum absolute atomic E-state index is 13.7. The minimum atomic E-state index is -4.26. The summed E-state index contributed by atoms with van der Waals surface area (Å²) in [6.07, 6.45) is 5.74. The molecule has 10 nitrogen and oxygen atoms in total. The molecule has 1 amide bonds. The second kappa shape index (κ2) is 8.88. The summed E-state index contributed by atoms with van der Waals surface area (Å²) in [6, 6.07) is 3.87. The molecule has 3 aliphatic rings. The van der Waals surface area contributed by atoms with Gasteiger partial charge < -0.3 is 15.3 Å². The lowest BCUT2D eigenvalue weighted by Gasteiger charge is -2.41. The summed E-state index contributed by atoms with van der Waals surface area (Å²) in [6.45, 7) is 4.13. The van der Waals surface area contributed by atoms with Gasteiger partial charge in [-0.15, -0.1) is 4.40 Å². The van der Waals surface area contributed by atoms with Gasteiger partial charge in [0.15, 0.2) is 5.84 Å². The van der Waals surface area contributed by atoms with Gasteiger partial charge in [0.2, 0.25) is 10.0 Å². The maximum Gasteiger partial charge on any atom is 0.286 e. The first-order valence-corrected chi connectivity index (χ1v) is 14.7. The van der Waals surface area contributed by atoms with E-state index in [1.54, 1.807) is 0 Å². The van der Waals surface area contributed by atoms with Crippen LogP contribution in [0.25, 0.3) is 0 Å². The third-order valence-electron chi connectivity index (χ3n) is 6.28. The molecule has 0 aromatic heterocycles. The first-order chi connectivity index (χ1) is 15.9. The fourth-order valence-corrected chi connectivity index (χ4v) is 6.72. The molecule has 3 N–H and O–H groups in total. The van der Waals surface area contributed by atoms with Crippen molar-refractivity contribution in [3.05, 3.63) is 29.5 Å². The number of fused-ring (bicyclic) bond motifs is 1. The Kier molecular flexibility index (Phi) is 6.40. The summed E-state index contributed by atoms with van der Waals surface area (Å²) >= 11 is 0. The highest BCUT2D eigenvalue weighted by atomic mass is 32.2. The molecule has 1 aromatic carbocycles. The molecule has 34 heavy (non-hydrogen) atoms. The van der Waals surface area contributed by atoms with Crippen LogP contribution in [0.4, 0.5) is 11.4 Å². The van der Waals surface area contributed by atoms with E-state index in [4.69, 9.17) is 0 Å². The number of aliphatic hydroxyl groups excluding tert-OH is 1. The fourth-order valence-electron chi connectivity index (χ4n) is 5.01. The summed E-state index contributed by atoms with van der Waals surface area (Å²) < 4.78 is 55.0. The van der Waals surface area contributed by atoms with E-state index in [1.165, 1.54) is 18.2 Å². The third-order valence-corrected chi connectivity index (χ3v) is 8.21. The number of hydrogen-bond donors (Lipinski definition) is 3. The SMILES string of the molecule is CC(C)CC1CC(O)=C(C2=NS(=O)(=O)c3cc(NS(C)(=O)=O)ccc3N2)C(=O)N1C1CCCC1. The van der Waals surface area contributed by atoms with Gasteiger partial charge in [-0.1, -0.05) is 26.7 Å². The predicted molar refractivity (Wildman–Crippen MR) is 130 cm³/mol. The third kappa shape index (κ3) is 4.92. The van der Waals surface area contributed by atoms with Crippen molar-refractivity contribution >= 4 is 43.2 Å². The molecule has 0 bridgehead atoms. The van der Waals surface area contributed by atoms with Crippen LogP contribution >= 0.6 is 0 Å². The van der Waals surface area contributed by atoms with E-state index in [2.05, 4.69) is 28.3 Å². The van der Waals surface area contributed by atoms with Gasteiger partial charge in [0.1, 0.15) is 16.2 Å². The van der Waals surface area contributed by atoms with E-state index in [0.717, 1.165) is 38.4 Å². The Morgan fingerprint density at radius 2 is 1.94 bits per heavy atom. The Morgan fingerprint density at radius 1 is 1.26 bits per heavy atom. The average molecular weight is 511 g/mol. The number of anilines is 2. The molecule has 0 saturated heterocycles. The lowest BCUT2D eigenvalue weighted by molar-refractivity contribution is -0.133. The number of amidine groups is 1. The Balaban J connectivity index is 1.72. The summed E-state index contributed by atoms with van der Waals surface area (Å²) in [7, 11) is -7.86. The summed E-state index contributed by atoms with van der Waals surface area (Å²) in [5.41, 5.74) is 0.0957. The normalized spacial score (nSPS) is 23.1. The molecule has 1 atom stereocenters. The summed E-state index contributed by atoms with van der Waals surface area (Å²) in [5.74, 6) is -0.486. The second-order valence-electron chi connectivity index (χ2n) is 9.59. The minimum absolute atomic E-state index is 0.0528. The van der Waals surface area contributed by atoms with Crippen LogP contribution in [0.1, 0.15) is 52.4 Å². The molecule has 4 rings (SSSR count). The van der Waals surface area contributed by atoms with E-state index >= 15 is 0 Å². The summed E-state index contributed by atoms with van der Waals surface area (Å²) in [4.78, 5) is 15.3. The van der Waals surface area contributed by atoms with Crippen LogP contribution in [0, 0.1) is 5.92 Å². The van der Waals surface area contributed by atoms with Gasteiger partial charge in [-0.3, -0.25) is 9.52 Å². The Bertz CT molecular complexity index is 1280. The average Bonchev–Trinajstić information content (AvgIpc) is 3.20. The van der Waals surface area contributed by atoms with Crippen molar-refractivity contribution in [1.82, 2.24) is 4.90 Å². The van der Waals surface area contributed by atoms with Crippen LogP contribution in [0.3, 0.4) is 0 Å². The number of sulfonamides is 2. The van der Waals surface area contributed by atoms with Crippen LogP contribution in [0.2, 0.25) is 0 Å². The molecule has 1 fully saturated rings. The highest BCUT2D eigenvalue weighted by molar-refractivity contribution is 7.92. The largest absolute Gasteiger partial charge is 0.511 e. The van der Waals surface area contributed by atoms with E-state index in [-0.39, 0.29) is 51.9 Å². The number of aliphatic hydroxyl groups is 1. The lowest BCUT2D eigenvalue weighted by atomic mass is 9.90. The summed E-state index contributed by atoms with van der Waals surface area (Å²) in [5, 5.41) is 13.7. The quantitative estimate of drug-likeness (QED) is 0.533. The molecule has 0 radical (unpaired) electrons. The molecule has 2 aliphatic heterocycles. The highest BCUT2D eigenvalue weighted by Crippen LogP contribution is 2.37. The number of carbonyl (C=O) groups excluding carboxylic acids is 1. The number of benzene rings is 1. The maximum atomic E-state index is 13.7. The fraction of sp³-hybridized carbons (Fsp3) is 0.545. The van der Waals surface area contributed by atoms with Gasteiger partial charge >= 0.3 is 0 Å². The minimum Gasteiger partial charge on any atom is -0.511 e. The van der Waals surface area contributed by atoms with E-state index in [0.29, 0.717) is 5.92 Å². The van der Waals surface area contributed by atoms with Crippen LogP contribution in [-0.4, -0.2) is 56.9 Å². The Hall–Kier alpha value is -2.60. The lowest BCUT2D eigenvalue weighted by Crippen LogP contribution is -2.52. The first kappa shape index (κ1) is 24.5. The number of nitrogens with one attached hydrogen (secondary N) is 2. The van der Waals surface area contributed by atoms with Crippen molar-refractivity contribution in [2.24, 2.45) is 10.3 Å². The van der Waals surface area contributed by atoms with Crippen molar-refractivity contribution in [1.29, 1.82) is 0 Å². The second-order valence-corrected chi connectivity index (χ2v) is 12.9. The predicted octanol–water partition coefficient (Wildman–Crippen LogP) is 2.97. The van der Waals surface area contributed by atoms with E-state index in [1.807, 2.05) is 4.90 Å². The topological polar surface area (TPSA) is 145 Å². The monoisotopic (exact) mass is 510 g/mol. The van der Waals surface area contributed by atoms with Gasteiger partial charge in [-0.2, -0.15) is 8.42 Å². The van der Waals surface area contributed by atoms with Gasteiger partial charge in [0, 0.05) is 24.2 Å². The highest BCUT2D eigenvalue weighted by Gasteiger charge is 2.42. The van der Waals surface area contributed by atoms with Crippen LogP contribution < -0.4 is 10.0 Å². The van der Waals surface area contributed by atoms with Gasteiger partial charge in [0.05, 0.1) is 11.9 Å². The molecular weight excluding hydrogens is 480 g/mol. The van der Waals surface area contributed by atoms with Crippen molar-refractivity contribution in [3.63, 3.8) is 0 Å². The molecule has 186 valence electrons. The molecule has 0 spiro atoms. The molecule has 1 saturated carbocycles. The molecule has 1 aromatic rings. The van der Waals surface area contributed by atoms with Crippen molar-refractivity contribution < 1.29 is 26.7 Å².